The minimum atomic E-state index is -1.13. The Hall–Kier alpha value is -12.7. The van der Waals surface area contributed by atoms with Gasteiger partial charge in [0, 0.05) is 108 Å². The number of hydrogen-bond acceptors (Lipinski definition) is 6. The van der Waals surface area contributed by atoms with Crippen LogP contribution in [0.2, 0.25) is 0 Å². The van der Waals surface area contributed by atoms with E-state index >= 15 is 0 Å². The number of aryl methyl sites for hydroxylation is 3. The molecular weight excluding hydrogens is 1690 g/mol. The van der Waals surface area contributed by atoms with Crippen LogP contribution in [-0.2, 0) is 54.1 Å². The van der Waals surface area contributed by atoms with Gasteiger partial charge in [-0.25, -0.2) is 0 Å². The average molecular weight is 1830 g/mol. The molecule has 0 aromatic heterocycles. The lowest BCUT2D eigenvalue weighted by molar-refractivity contribution is 0.590. The highest BCUT2D eigenvalue weighted by Crippen LogP contribution is 2.56. The molecule has 0 N–H and O–H groups in total. The third-order valence-electron chi connectivity index (χ3n) is 31.9. The van der Waals surface area contributed by atoms with Crippen molar-refractivity contribution in [3.05, 3.63) is 375 Å². The van der Waals surface area contributed by atoms with Gasteiger partial charge in [-0.05, 0) is 355 Å². The van der Waals surface area contributed by atoms with E-state index in [0.717, 1.165) is 34.1 Å². The van der Waals surface area contributed by atoms with Crippen LogP contribution in [-0.4, -0.2) is 20.1 Å². The predicted molar refractivity (Wildman–Crippen MR) is 609 cm³/mol. The smallest absolute Gasteiger partial charge is 0.252 e. The monoisotopic (exact) mass is 1830 g/mol. The minimum absolute atomic E-state index is 0.0647. The summed E-state index contributed by atoms with van der Waals surface area (Å²) in [5.74, 6) is 0. The maximum Gasteiger partial charge on any atom is 0.252 e. The van der Waals surface area contributed by atoms with E-state index in [-0.39, 0.29) is 68.9 Å². The first-order chi connectivity index (χ1) is 65.7. The van der Waals surface area contributed by atoms with Crippen molar-refractivity contribution in [3.8, 4) is 0 Å². The van der Waals surface area contributed by atoms with E-state index in [9.17, 15) is 0 Å². The Balaban J connectivity index is 0.970. The SMILES string of the molecule is Cc1cc2c3c(c1)N(c1ccc(C(C)(C)C)cc1)c1cccc(C(C)(c4cccc5c4B4c6cc(C(C)(C)C)ccc6N(c6ccc(C(C)(C)C)cc6)c6cc(C)cc(c64)N5c4ccc(C(C)(C)C)cc4)c4cccc5c4B4c6cc(C(C)(C)C)ccc6N(c6ccc(C(C)(C)C)cc6)c6cc(C)cc(c64)N5c4ccc(C(C)(C)C)cc4)c1B3c1cc(C(C)(C)C)ccc1N2c1ccc(C(C)(C)C)cc1. The molecule has 0 aliphatic carbocycles. The highest BCUT2D eigenvalue weighted by Gasteiger charge is 2.55. The zero-order chi connectivity index (χ0) is 99.4. The van der Waals surface area contributed by atoms with Crippen LogP contribution < -0.4 is 78.6 Å². The van der Waals surface area contributed by atoms with E-state index in [4.69, 9.17) is 0 Å². The van der Waals surface area contributed by atoms with Gasteiger partial charge in [0.1, 0.15) is 0 Å². The van der Waals surface area contributed by atoms with E-state index in [1.807, 2.05) is 0 Å². The molecule has 0 saturated heterocycles. The number of nitrogens with zero attached hydrogens (tertiary/aromatic N) is 6. The first-order valence-corrected chi connectivity index (χ1v) is 51.5. The van der Waals surface area contributed by atoms with E-state index in [1.54, 1.807) is 0 Å². The summed E-state index contributed by atoms with van der Waals surface area (Å²) in [6.45, 7) is 72.6. The van der Waals surface area contributed by atoms with E-state index in [0.29, 0.717) is 0 Å². The second-order valence-electron chi connectivity index (χ2n) is 51.2. The Morgan fingerprint density at radius 2 is 0.321 bits per heavy atom. The van der Waals surface area contributed by atoms with Gasteiger partial charge in [0.05, 0.1) is 0 Å². The molecule has 0 amide bonds. The van der Waals surface area contributed by atoms with Crippen LogP contribution in [0.5, 0.6) is 0 Å². The molecule has 21 rings (SSSR count). The number of hydrogen-bond donors (Lipinski definition) is 0. The molecule has 0 fully saturated rings. The Morgan fingerprint density at radius 1 is 0.157 bits per heavy atom. The molecule has 6 heterocycles. The first kappa shape index (κ1) is 93.6. The fourth-order valence-corrected chi connectivity index (χ4v) is 24.0. The fourth-order valence-electron chi connectivity index (χ4n) is 24.0. The Morgan fingerprint density at radius 3 is 0.493 bits per heavy atom. The van der Waals surface area contributed by atoms with Crippen LogP contribution in [0, 0.1) is 20.8 Å². The van der Waals surface area contributed by atoms with Crippen LogP contribution in [0.3, 0.4) is 0 Å². The summed E-state index contributed by atoms with van der Waals surface area (Å²) in [6.07, 6.45) is 0. The maximum absolute atomic E-state index is 2.74. The number of rotatable bonds is 9. The predicted octanol–water partition coefficient (Wildman–Crippen LogP) is 29.9. The van der Waals surface area contributed by atoms with Crippen molar-refractivity contribution in [2.75, 3.05) is 29.4 Å². The molecular formula is C131H141B3N6. The average Bonchev–Trinajstić information content (AvgIpc) is 0.672. The highest BCUT2D eigenvalue weighted by atomic mass is 15.2. The molecule has 6 aliphatic rings. The van der Waals surface area contributed by atoms with Crippen molar-refractivity contribution < 1.29 is 0 Å². The lowest BCUT2D eigenvalue weighted by Crippen LogP contribution is -2.66. The van der Waals surface area contributed by atoms with Gasteiger partial charge in [0.2, 0.25) is 0 Å². The first-order valence-electron chi connectivity index (χ1n) is 51.5. The number of anilines is 18. The van der Waals surface area contributed by atoms with Gasteiger partial charge in [0.15, 0.2) is 0 Å². The molecule has 15 aromatic rings. The Bertz CT molecular complexity index is 6760. The second-order valence-corrected chi connectivity index (χ2v) is 51.2. The van der Waals surface area contributed by atoms with Gasteiger partial charge >= 0.3 is 0 Å². The number of fused-ring (bicyclic) bond motifs is 12. The largest absolute Gasteiger partial charge is 0.311 e. The molecule has 0 saturated carbocycles. The second kappa shape index (κ2) is 32.2. The zero-order valence-electron chi connectivity index (χ0n) is 89.1. The molecule has 0 spiro atoms. The molecule has 9 heteroatoms. The third kappa shape index (κ3) is 15.2. The fraction of sp³-hybridized carbons (Fsp3) is 0.313. The minimum Gasteiger partial charge on any atom is -0.311 e. The van der Waals surface area contributed by atoms with Crippen molar-refractivity contribution in [2.24, 2.45) is 0 Å². The van der Waals surface area contributed by atoms with Crippen LogP contribution in [0.1, 0.15) is 277 Å². The summed E-state index contributed by atoms with van der Waals surface area (Å²) < 4.78 is 0. The highest BCUT2D eigenvalue weighted by molar-refractivity contribution is 7.02. The molecule has 15 aromatic carbocycles. The van der Waals surface area contributed by atoms with Crippen molar-refractivity contribution in [1.29, 1.82) is 0 Å². The van der Waals surface area contributed by atoms with Gasteiger partial charge in [-0.2, -0.15) is 0 Å². The topological polar surface area (TPSA) is 19.4 Å². The lowest BCUT2D eigenvalue weighted by Gasteiger charge is -2.50. The Kier molecular flexibility index (Phi) is 21.5. The van der Waals surface area contributed by atoms with Crippen molar-refractivity contribution in [2.45, 2.75) is 269 Å². The Labute approximate surface area is 838 Å². The molecule has 0 atom stereocenters. The summed E-state index contributed by atoms with van der Waals surface area (Å²) in [7, 11) is 0. The molecule has 140 heavy (non-hydrogen) atoms. The lowest BCUT2D eigenvalue weighted by atomic mass is 9.29. The summed E-state index contributed by atoms with van der Waals surface area (Å²) in [5.41, 5.74) is 49.2. The van der Waals surface area contributed by atoms with Crippen LogP contribution in [0.25, 0.3) is 0 Å². The molecule has 0 unspecified atom stereocenters. The maximum atomic E-state index is 2.74. The van der Waals surface area contributed by atoms with Gasteiger partial charge in [-0.1, -0.05) is 333 Å². The van der Waals surface area contributed by atoms with Crippen molar-refractivity contribution in [3.63, 3.8) is 0 Å². The van der Waals surface area contributed by atoms with Crippen LogP contribution in [0.15, 0.2) is 291 Å². The van der Waals surface area contributed by atoms with Gasteiger partial charge in [-0.3, -0.25) is 0 Å². The molecule has 6 aliphatic heterocycles. The molecule has 0 bridgehead atoms. The van der Waals surface area contributed by atoms with Crippen molar-refractivity contribution in [1.82, 2.24) is 0 Å². The summed E-state index contributed by atoms with van der Waals surface area (Å²) in [4.78, 5) is 16.1. The van der Waals surface area contributed by atoms with Gasteiger partial charge in [0.25, 0.3) is 20.1 Å². The summed E-state index contributed by atoms with van der Waals surface area (Å²) >= 11 is 0. The van der Waals surface area contributed by atoms with Gasteiger partial charge < -0.3 is 29.4 Å². The summed E-state index contributed by atoms with van der Waals surface area (Å²) in [6, 6.07) is 119. The van der Waals surface area contributed by atoms with E-state index in [2.05, 4.69) is 535 Å². The number of benzene rings is 15. The van der Waals surface area contributed by atoms with Crippen LogP contribution in [0.4, 0.5) is 102 Å². The van der Waals surface area contributed by atoms with E-state index < -0.39 is 5.41 Å². The van der Waals surface area contributed by atoms with Gasteiger partial charge in [-0.15, -0.1) is 0 Å². The molecule has 704 valence electrons. The quantitative estimate of drug-likeness (QED) is 0.105. The van der Waals surface area contributed by atoms with Crippen LogP contribution >= 0.6 is 0 Å². The molecule has 6 nitrogen and oxygen atoms in total. The standard InChI is InChI=1S/C131H141B3N6/c1-80-71-110-119-113(74-80)138(95-62-47-86(48-63-95)125(13,14)15)107-38-32-35-98(116(107)132(119)101-77-89(128(22,23)24)53-68-104(101)135(110)92-56-41-83(42-57-92)122(4,5)6)131(31,99-36-33-39-108-117(99)133-102-78-90(129(25,26)27)54-69-105(102)136(93-58-43-84(44-59-93)123(7,8)9)111-72-81(2)75-114(120(111)133)139(108)96-64-49-87(50-65-96)126(16,17)18)100-37-34-40-109-118(100)134-103-79-91(130(28,29)30)55-70-106(103)137(94-60-45-85(46-61-94)124(10,11)12)112-73-82(3)76-115(121(112)134)140(109)97-66-51-88(52-67-97)127(19,20)21/h32-79H,1-31H3. The summed E-state index contributed by atoms with van der Waals surface area (Å²) in [5, 5.41) is 0. The normalized spacial score (nSPS) is 14.6. The van der Waals surface area contributed by atoms with Crippen molar-refractivity contribution >= 4 is 172 Å². The third-order valence-corrected chi connectivity index (χ3v) is 31.9. The zero-order valence-corrected chi connectivity index (χ0v) is 89.1. The van der Waals surface area contributed by atoms with E-state index in [1.165, 1.54) is 201 Å². The molecule has 0 radical (unpaired) electrons.